The molecule has 1 heterocycles. The van der Waals surface area contributed by atoms with E-state index in [1.54, 1.807) is 24.3 Å². The second kappa shape index (κ2) is 9.96. The Morgan fingerprint density at radius 3 is 2.72 bits per heavy atom. The first kappa shape index (κ1) is 21.4. The molecule has 10 heteroatoms. The first-order valence-corrected chi connectivity index (χ1v) is 10.4. The van der Waals surface area contributed by atoms with Gasteiger partial charge in [-0.15, -0.1) is 10.2 Å². The van der Waals surface area contributed by atoms with Gasteiger partial charge in [0.05, 0.1) is 21.5 Å². The molecule has 3 aromatic rings. The lowest BCUT2D eigenvalue weighted by molar-refractivity contribution is -0.113. The summed E-state index contributed by atoms with van der Waals surface area (Å²) in [5.41, 5.74) is 0.559. The number of hydrogen-bond donors (Lipinski definition) is 1. The highest BCUT2D eigenvalue weighted by Gasteiger charge is 2.14. The lowest BCUT2D eigenvalue weighted by Crippen LogP contribution is -2.15. The molecule has 6 nitrogen and oxygen atoms in total. The number of anilines is 1. The third-order valence-corrected chi connectivity index (χ3v) is 5.43. The number of ether oxygens (including phenoxy) is 1. The van der Waals surface area contributed by atoms with Crippen molar-refractivity contribution >= 4 is 46.6 Å². The third kappa shape index (κ3) is 5.62. The van der Waals surface area contributed by atoms with Crippen LogP contribution in [0.1, 0.15) is 12.7 Å². The van der Waals surface area contributed by atoms with Crippen LogP contribution in [0.5, 0.6) is 5.75 Å². The molecule has 1 N–H and O–H groups in total. The molecule has 0 spiro atoms. The van der Waals surface area contributed by atoms with Gasteiger partial charge in [-0.2, -0.15) is 0 Å². The van der Waals surface area contributed by atoms with Crippen molar-refractivity contribution in [3.05, 3.63) is 64.2 Å². The van der Waals surface area contributed by atoms with Crippen molar-refractivity contribution in [2.45, 2.75) is 25.2 Å². The van der Waals surface area contributed by atoms with Crippen LogP contribution in [0, 0.1) is 5.82 Å². The number of nitrogens with one attached hydrogen (secondary N) is 1. The quantitative estimate of drug-likeness (QED) is 0.482. The highest BCUT2D eigenvalue weighted by molar-refractivity contribution is 7.99. The van der Waals surface area contributed by atoms with Gasteiger partial charge in [0, 0.05) is 12.6 Å². The number of aromatic nitrogens is 3. The maximum absolute atomic E-state index is 13.2. The van der Waals surface area contributed by atoms with Gasteiger partial charge in [0.25, 0.3) is 0 Å². The van der Waals surface area contributed by atoms with E-state index in [0.717, 1.165) is 0 Å². The van der Waals surface area contributed by atoms with Gasteiger partial charge in [-0.3, -0.25) is 4.79 Å². The van der Waals surface area contributed by atoms with Gasteiger partial charge in [0.2, 0.25) is 5.91 Å². The predicted octanol–water partition coefficient (Wildman–Crippen LogP) is 5.05. The number of amides is 1. The molecule has 3 rings (SSSR count). The number of carbonyl (C=O) groups excluding carboxylic acids is 1. The lowest BCUT2D eigenvalue weighted by atomic mass is 10.3. The third-order valence-electron chi connectivity index (χ3n) is 3.85. The maximum atomic E-state index is 13.2. The fourth-order valence-corrected chi connectivity index (χ4v) is 3.62. The molecule has 0 bridgehead atoms. The molecule has 0 atom stereocenters. The summed E-state index contributed by atoms with van der Waals surface area (Å²) in [6, 6.07) is 11.2. The van der Waals surface area contributed by atoms with Gasteiger partial charge >= 0.3 is 0 Å². The van der Waals surface area contributed by atoms with Crippen LogP contribution >= 0.6 is 35.0 Å². The lowest BCUT2D eigenvalue weighted by Gasteiger charge is -2.10. The Hall–Kier alpha value is -2.29. The molecule has 2 aromatic carbocycles. The van der Waals surface area contributed by atoms with E-state index < -0.39 is 5.82 Å². The van der Waals surface area contributed by atoms with Crippen molar-refractivity contribution < 1.29 is 13.9 Å². The summed E-state index contributed by atoms with van der Waals surface area (Å²) < 4.78 is 20.7. The minimum Gasteiger partial charge on any atom is -0.486 e. The number of nitrogens with zero attached hydrogens (tertiary/aromatic N) is 3. The standard InChI is InChI=1S/C19H17Cl2FN4O2S/c1-2-26-17(10-28-12-7-8-15(22)14(21)9-12)24-25-19(26)29-11-18(27)23-16-6-4-3-5-13(16)20/h3-9H,2,10-11H2,1H3,(H,23,27). The molecule has 0 aliphatic heterocycles. The van der Waals surface area contributed by atoms with Crippen LogP contribution in [0.15, 0.2) is 47.6 Å². The van der Waals surface area contributed by atoms with E-state index in [1.807, 2.05) is 11.5 Å². The molecule has 0 radical (unpaired) electrons. The van der Waals surface area contributed by atoms with Crippen molar-refractivity contribution in [2.24, 2.45) is 0 Å². The average molecular weight is 455 g/mol. The molecule has 1 aromatic heterocycles. The van der Waals surface area contributed by atoms with E-state index in [-0.39, 0.29) is 23.3 Å². The van der Waals surface area contributed by atoms with Crippen molar-refractivity contribution in [1.29, 1.82) is 0 Å². The second-order valence-corrected chi connectivity index (χ2v) is 7.58. The topological polar surface area (TPSA) is 69.0 Å². The number of carbonyl (C=O) groups is 1. The molecule has 0 saturated heterocycles. The van der Waals surface area contributed by atoms with E-state index in [2.05, 4.69) is 15.5 Å². The highest BCUT2D eigenvalue weighted by atomic mass is 35.5. The second-order valence-electron chi connectivity index (χ2n) is 5.82. The van der Waals surface area contributed by atoms with Crippen LogP contribution in [-0.4, -0.2) is 26.4 Å². The SMILES string of the molecule is CCn1c(COc2ccc(F)c(Cl)c2)nnc1SCC(=O)Nc1ccccc1Cl. The first-order chi connectivity index (χ1) is 14.0. The van der Waals surface area contributed by atoms with E-state index in [1.165, 1.54) is 30.0 Å². The van der Waals surface area contributed by atoms with E-state index in [0.29, 0.717) is 34.0 Å². The maximum Gasteiger partial charge on any atom is 0.234 e. The number of rotatable bonds is 8. The molecule has 152 valence electrons. The average Bonchev–Trinajstić information content (AvgIpc) is 3.11. The summed E-state index contributed by atoms with van der Waals surface area (Å²) in [5, 5.41) is 12.1. The number of halogens is 3. The van der Waals surface area contributed by atoms with Crippen LogP contribution < -0.4 is 10.1 Å². The number of hydrogen-bond acceptors (Lipinski definition) is 5. The van der Waals surface area contributed by atoms with Gasteiger partial charge in [-0.05, 0) is 31.2 Å². The zero-order valence-corrected chi connectivity index (χ0v) is 17.7. The Kier molecular flexibility index (Phi) is 7.35. The minimum atomic E-state index is -0.510. The predicted molar refractivity (Wildman–Crippen MR) is 112 cm³/mol. The Morgan fingerprint density at radius 2 is 2.00 bits per heavy atom. The van der Waals surface area contributed by atoms with Crippen LogP contribution in [0.2, 0.25) is 10.0 Å². The van der Waals surface area contributed by atoms with E-state index in [9.17, 15) is 9.18 Å². The minimum absolute atomic E-state index is 0.0137. The fraction of sp³-hybridized carbons (Fsp3) is 0.211. The van der Waals surface area contributed by atoms with Gasteiger partial charge < -0.3 is 14.6 Å². The molecular weight excluding hydrogens is 438 g/mol. The highest BCUT2D eigenvalue weighted by Crippen LogP contribution is 2.24. The molecule has 0 aliphatic carbocycles. The van der Waals surface area contributed by atoms with Crippen LogP contribution in [0.25, 0.3) is 0 Å². The van der Waals surface area contributed by atoms with Crippen molar-refractivity contribution in [3.63, 3.8) is 0 Å². The zero-order chi connectivity index (χ0) is 20.8. The fourth-order valence-electron chi connectivity index (χ4n) is 2.44. The summed E-state index contributed by atoms with van der Waals surface area (Å²) >= 11 is 13.1. The van der Waals surface area contributed by atoms with Crippen LogP contribution in [0.3, 0.4) is 0 Å². The smallest absolute Gasteiger partial charge is 0.234 e. The van der Waals surface area contributed by atoms with Gasteiger partial charge in [0.15, 0.2) is 11.0 Å². The summed E-state index contributed by atoms with van der Waals surface area (Å²) in [7, 11) is 0. The monoisotopic (exact) mass is 454 g/mol. The van der Waals surface area contributed by atoms with Gasteiger partial charge in [-0.25, -0.2) is 4.39 Å². The van der Waals surface area contributed by atoms with Crippen molar-refractivity contribution in [1.82, 2.24) is 14.8 Å². The Morgan fingerprint density at radius 1 is 1.21 bits per heavy atom. The Labute approximate surface area is 181 Å². The van der Waals surface area contributed by atoms with Gasteiger partial charge in [-0.1, -0.05) is 47.1 Å². The Bertz CT molecular complexity index is 1020. The first-order valence-electron chi connectivity index (χ1n) is 8.65. The van der Waals surface area contributed by atoms with E-state index >= 15 is 0 Å². The molecule has 0 aliphatic rings. The van der Waals surface area contributed by atoms with Crippen LogP contribution in [-0.2, 0) is 17.9 Å². The normalized spacial score (nSPS) is 10.8. The largest absolute Gasteiger partial charge is 0.486 e. The van der Waals surface area contributed by atoms with E-state index in [4.69, 9.17) is 27.9 Å². The molecule has 0 unspecified atom stereocenters. The van der Waals surface area contributed by atoms with Crippen LogP contribution in [0.4, 0.5) is 10.1 Å². The molecule has 0 fully saturated rings. The summed E-state index contributed by atoms with van der Waals surface area (Å²) in [5.74, 6) is 0.451. The Balaban J connectivity index is 1.59. The summed E-state index contributed by atoms with van der Waals surface area (Å²) in [6.45, 7) is 2.68. The van der Waals surface area contributed by atoms with Gasteiger partial charge in [0.1, 0.15) is 18.2 Å². The summed E-state index contributed by atoms with van der Waals surface area (Å²) in [4.78, 5) is 12.2. The summed E-state index contributed by atoms with van der Waals surface area (Å²) in [6.07, 6.45) is 0. The molecule has 0 saturated carbocycles. The number of para-hydroxylation sites is 1. The molecule has 29 heavy (non-hydrogen) atoms. The number of benzene rings is 2. The molecular formula is C19H17Cl2FN4O2S. The molecule has 1 amide bonds. The zero-order valence-electron chi connectivity index (χ0n) is 15.4. The van der Waals surface area contributed by atoms with Crippen molar-refractivity contribution in [3.8, 4) is 5.75 Å². The van der Waals surface area contributed by atoms with Crippen molar-refractivity contribution in [2.75, 3.05) is 11.1 Å². The number of thioether (sulfide) groups is 1.